The average molecular weight is 181 g/mol. The fourth-order valence-electron chi connectivity index (χ4n) is 0.964. The van der Waals surface area contributed by atoms with Gasteiger partial charge < -0.3 is 15.9 Å². The molecule has 1 atom stereocenters. The maximum atomic E-state index is 10.3. The van der Waals surface area contributed by atoms with Crippen LogP contribution in [-0.4, -0.2) is 22.3 Å². The summed E-state index contributed by atoms with van der Waals surface area (Å²) in [4.78, 5) is 10.3. The van der Waals surface area contributed by atoms with E-state index in [1.165, 1.54) is 0 Å². The highest BCUT2D eigenvalue weighted by Gasteiger charge is 2.12. The number of hydrogen-bond acceptors (Lipinski definition) is 3. The van der Waals surface area contributed by atoms with E-state index >= 15 is 0 Å². The number of carbonyl (C=O) groups is 1. The molecule has 0 aromatic heterocycles. The molecule has 0 spiro atoms. The molecule has 0 aliphatic rings. The normalized spacial score (nSPS) is 12.4. The first kappa shape index (κ1) is 9.54. The number of aliphatic hydroxyl groups excluding tert-OH is 1. The summed E-state index contributed by atoms with van der Waals surface area (Å²) in [7, 11) is 0. The Morgan fingerprint density at radius 2 is 1.92 bits per heavy atom. The van der Waals surface area contributed by atoms with Gasteiger partial charge in [-0.3, -0.25) is 0 Å². The van der Waals surface area contributed by atoms with Crippen molar-refractivity contribution in [3.63, 3.8) is 0 Å². The highest BCUT2D eigenvalue weighted by atomic mass is 16.4. The second kappa shape index (κ2) is 3.91. The molecule has 0 unspecified atom stereocenters. The predicted octanol–water partition coefficient (Wildman–Crippen LogP) is 0.257. The first-order valence-electron chi connectivity index (χ1n) is 3.85. The maximum Gasteiger partial charge on any atom is 0.332 e. The van der Waals surface area contributed by atoms with Crippen LogP contribution in [0.15, 0.2) is 24.3 Å². The zero-order valence-corrected chi connectivity index (χ0v) is 6.97. The Morgan fingerprint density at radius 3 is 2.38 bits per heavy atom. The third-order valence-electron chi connectivity index (χ3n) is 1.69. The standard InChI is InChI=1S/C9H11NO3/c10-7-3-1-6(2-4-7)5-8(11)9(12)13/h1-4,8,11H,5,10H2,(H,12,13)/t8-/m1/s1. The number of aliphatic carboxylic acids is 1. The molecule has 0 aliphatic carbocycles. The van der Waals surface area contributed by atoms with Gasteiger partial charge in [0.25, 0.3) is 0 Å². The molecule has 1 aromatic rings. The minimum Gasteiger partial charge on any atom is -0.479 e. The SMILES string of the molecule is Nc1ccc(C[C@@H](O)C(=O)O)cc1. The molecule has 1 rings (SSSR count). The molecule has 0 radical (unpaired) electrons. The molecule has 0 fully saturated rings. The van der Waals surface area contributed by atoms with Gasteiger partial charge in [0.1, 0.15) is 0 Å². The van der Waals surface area contributed by atoms with Crippen LogP contribution in [0.3, 0.4) is 0 Å². The number of hydrogen-bond donors (Lipinski definition) is 3. The summed E-state index contributed by atoms with van der Waals surface area (Å²) in [5, 5.41) is 17.4. The Morgan fingerprint density at radius 1 is 1.38 bits per heavy atom. The number of nitrogens with two attached hydrogens (primary N) is 1. The number of rotatable bonds is 3. The first-order valence-corrected chi connectivity index (χ1v) is 3.85. The van der Waals surface area contributed by atoms with Crippen molar-refractivity contribution in [2.75, 3.05) is 5.73 Å². The first-order chi connectivity index (χ1) is 6.09. The van der Waals surface area contributed by atoms with Crippen molar-refractivity contribution >= 4 is 11.7 Å². The van der Waals surface area contributed by atoms with E-state index in [0.29, 0.717) is 5.69 Å². The smallest absolute Gasteiger partial charge is 0.332 e. The molecule has 4 heteroatoms. The summed E-state index contributed by atoms with van der Waals surface area (Å²) in [5.41, 5.74) is 6.81. The van der Waals surface area contributed by atoms with Gasteiger partial charge in [0.2, 0.25) is 0 Å². The van der Waals surface area contributed by atoms with Crippen LogP contribution < -0.4 is 5.73 Å². The summed E-state index contributed by atoms with van der Waals surface area (Å²) in [5.74, 6) is -1.21. The van der Waals surface area contributed by atoms with Gasteiger partial charge in [-0.15, -0.1) is 0 Å². The van der Waals surface area contributed by atoms with Crippen LogP contribution in [0.5, 0.6) is 0 Å². The van der Waals surface area contributed by atoms with Crippen LogP contribution in [-0.2, 0) is 11.2 Å². The number of anilines is 1. The van der Waals surface area contributed by atoms with Gasteiger partial charge in [-0.1, -0.05) is 12.1 Å². The monoisotopic (exact) mass is 181 g/mol. The largest absolute Gasteiger partial charge is 0.479 e. The molecule has 0 saturated heterocycles. The molecule has 13 heavy (non-hydrogen) atoms. The van der Waals surface area contributed by atoms with E-state index in [1.54, 1.807) is 24.3 Å². The van der Waals surface area contributed by atoms with Gasteiger partial charge >= 0.3 is 5.97 Å². The third kappa shape index (κ3) is 2.76. The van der Waals surface area contributed by atoms with Crippen molar-refractivity contribution in [2.45, 2.75) is 12.5 Å². The zero-order valence-electron chi connectivity index (χ0n) is 6.97. The number of aliphatic hydroxyl groups is 1. The summed E-state index contributed by atoms with van der Waals surface area (Å²) >= 11 is 0. The number of benzene rings is 1. The van der Waals surface area contributed by atoms with Crippen molar-refractivity contribution in [3.8, 4) is 0 Å². The summed E-state index contributed by atoms with van der Waals surface area (Å²) in [6.45, 7) is 0. The number of nitrogen functional groups attached to an aromatic ring is 1. The topological polar surface area (TPSA) is 83.5 Å². The predicted molar refractivity (Wildman–Crippen MR) is 48.2 cm³/mol. The molecule has 0 aliphatic heterocycles. The van der Waals surface area contributed by atoms with Crippen molar-refractivity contribution in [1.82, 2.24) is 0 Å². The molecule has 4 N–H and O–H groups in total. The van der Waals surface area contributed by atoms with Gasteiger partial charge in [0.05, 0.1) is 0 Å². The van der Waals surface area contributed by atoms with Crippen LogP contribution in [0.1, 0.15) is 5.56 Å². The minimum atomic E-state index is -1.34. The Kier molecular flexibility index (Phi) is 2.87. The minimum absolute atomic E-state index is 0.107. The van der Waals surface area contributed by atoms with Crippen LogP contribution in [0.25, 0.3) is 0 Å². The van der Waals surface area contributed by atoms with E-state index in [2.05, 4.69) is 0 Å². The Bertz CT molecular complexity index is 294. The van der Waals surface area contributed by atoms with E-state index < -0.39 is 12.1 Å². The van der Waals surface area contributed by atoms with E-state index in [4.69, 9.17) is 15.9 Å². The Hall–Kier alpha value is -1.55. The molecule has 0 saturated carbocycles. The quantitative estimate of drug-likeness (QED) is 0.584. The van der Waals surface area contributed by atoms with Gasteiger partial charge in [-0.2, -0.15) is 0 Å². The van der Waals surface area contributed by atoms with E-state index in [0.717, 1.165) is 5.56 Å². The second-order valence-corrected chi connectivity index (χ2v) is 2.80. The Balaban J connectivity index is 2.64. The van der Waals surface area contributed by atoms with Crippen molar-refractivity contribution < 1.29 is 15.0 Å². The molecule has 0 amide bonds. The van der Waals surface area contributed by atoms with Crippen molar-refractivity contribution in [3.05, 3.63) is 29.8 Å². The van der Waals surface area contributed by atoms with Gasteiger partial charge in [0, 0.05) is 12.1 Å². The Labute approximate surface area is 75.6 Å². The number of carboxylic acids is 1. The molecular weight excluding hydrogens is 170 g/mol. The van der Waals surface area contributed by atoms with Crippen molar-refractivity contribution in [1.29, 1.82) is 0 Å². The fourth-order valence-corrected chi connectivity index (χ4v) is 0.964. The highest BCUT2D eigenvalue weighted by molar-refractivity contribution is 5.72. The lowest BCUT2D eigenvalue weighted by molar-refractivity contribution is -0.146. The molecule has 70 valence electrons. The van der Waals surface area contributed by atoms with Crippen LogP contribution in [0.4, 0.5) is 5.69 Å². The molecular formula is C9H11NO3. The lowest BCUT2D eigenvalue weighted by Gasteiger charge is -2.04. The summed E-state index contributed by atoms with van der Waals surface area (Å²) < 4.78 is 0. The van der Waals surface area contributed by atoms with E-state index in [9.17, 15) is 4.79 Å². The van der Waals surface area contributed by atoms with E-state index in [1.807, 2.05) is 0 Å². The number of carboxylic acid groups (broad SMARTS) is 1. The fraction of sp³-hybridized carbons (Fsp3) is 0.222. The van der Waals surface area contributed by atoms with Crippen molar-refractivity contribution in [2.24, 2.45) is 0 Å². The van der Waals surface area contributed by atoms with Gasteiger partial charge in [-0.25, -0.2) is 4.79 Å². The molecule has 4 nitrogen and oxygen atoms in total. The molecule has 1 aromatic carbocycles. The molecule has 0 bridgehead atoms. The van der Waals surface area contributed by atoms with Crippen LogP contribution >= 0.6 is 0 Å². The highest BCUT2D eigenvalue weighted by Crippen LogP contribution is 2.07. The second-order valence-electron chi connectivity index (χ2n) is 2.80. The lowest BCUT2D eigenvalue weighted by Crippen LogP contribution is -2.21. The lowest BCUT2D eigenvalue weighted by atomic mass is 10.1. The average Bonchev–Trinajstić information content (AvgIpc) is 2.08. The summed E-state index contributed by atoms with van der Waals surface area (Å²) in [6.07, 6.45) is -1.24. The summed E-state index contributed by atoms with van der Waals surface area (Å²) in [6, 6.07) is 6.73. The van der Waals surface area contributed by atoms with Gasteiger partial charge in [0.15, 0.2) is 6.10 Å². The van der Waals surface area contributed by atoms with Gasteiger partial charge in [-0.05, 0) is 17.7 Å². The van der Waals surface area contributed by atoms with Crippen LogP contribution in [0.2, 0.25) is 0 Å². The molecule has 0 heterocycles. The maximum absolute atomic E-state index is 10.3. The third-order valence-corrected chi connectivity index (χ3v) is 1.69. The zero-order chi connectivity index (χ0) is 9.84. The van der Waals surface area contributed by atoms with E-state index in [-0.39, 0.29) is 6.42 Å². The van der Waals surface area contributed by atoms with Crippen LogP contribution in [0, 0.1) is 0 Å².